The molecule has 14 heteroatoms. The van der Waals surface area contributed by atoms with Gasteiger partial charge in [-0.3, -0.25) is 0 Å². The van der Waals surface area contributed by atoms with Crippen molar-refractivity contribution in [1.29, 1.82) is 0 Å². The Morgan fingerprint density at radius 3 is 1.17 bits per heavy atom. The minimum Gasteiger partial charge on any atom is -0.457 e. The van der Waals surface area contributed by atoms with Crippen LogP contribution in [0.4, 0.5) is 34.1 Å². The summed E-state index contributed by atoms with van der Waals surface area (Å²) in [5.74, 6) is 1.64. The normalized spacial score (nSPS) is 12.0. The average Bonchev–Trinajstić information content (AvgIpc) is 0.854. The zero-order chi connectivity index (χ0) is 72.0. The van der Waals surface area contributed by atoms with Crippen LogP contribution in [0, 0.1) is 0 Å². The lowest BCUT2D eigenvalue weighted by molar-refractivity contribution is 0.0464. The molecule has 0 amide bonds. The first-order valence-corrected chi connectivity index (χ1v) is 35.9. The second-order valence-electron chi connectivity index (χ2n) is 26.8. The van der Waals surface area contributed by atoms with Crippen molar-refractivity contribution in [2.24, 2.45) is 0 Å². The van der Waals surface area contributed by atoms with Crippen LogP contribution in [0.5, 0.6) is 0 Å². The van der Waals surface area contributed by atoms with E-state index in [0.717, 1.165) is 84.0 Å². The Kier molecular flexibility index (Phi) is 16.4. The van der Waals surface area contributed by atoms with E-state index in [1.807, 2.05) is 200 Å². The maximum atomic E-state index is 14.2. The molecule has 0 fully saturated rings. The summed E-state index contributed by atoms with van der Waals surface area (Å²) in [6.45, 7) is 0.170. The van der Waals surface area contributed by atoms with E-state index < -0.39 is 11.9 Å². The number of ether oxygens (including phenoxy) is 2. The van der Waals surface area contributed by atoms with Gasteiger partial charge in [0.25, 0.3) is 6.71 Å². The van der Waals surface area contributed by atoms with Gasteiger partial charge in [0.05, 0.1) is 27.8 Å². The van der Waals surface area contributed by atoms with Crippen LogP contribution in [0.25, 0.3) is 107 Å². The molecule has 0 saturated carbocycles. The topological polar surface area (TPSA) is 141 Å². The summed E-state index contributed by atoms with van der Waals surface area (Å²) >= 11 is 0. The van der Waals surface area contributed by atoms with Crippen molar-refractivity contribution in [3.63, 3.8) is 0 Å². The maximum Gasteiger partial charge on any atom is 0.338 e. The Bertz CT molecular complexity index is 6160. The highest BCUT2D eigenvalue weighted by Gasteiger charge is 2.43. The Hall–Kier alpha value is -14.5. The zero-order valence-corrected chi connectivity index (χ0v) is 58.1. The summed E-state index contributed by atoms with van der Waals surface area (Å²) in [6.07, 6.45) is 0. The fourth-order valence-electron chi connectivity index (χ4n) is 15.1. The number of hydrogen-bond donors (Lipinski definition) is 0. The molecule has 0 aliphatic carbocycles. The van der Waals surface area contributed by atoms with Crippen molar-refractivity contribution < 1.29 is 19.1 Å². The number of carbonyl (C=O) groups excluding carboxylic acids is 2. The van der Waals surface area contributed by atoms with E-state index in [0.29, 0.717) is 73.7 Å². The number of aromatic nitrogens is 7. The third-order valence-electron chi connectivity index (χ3n) is 20.1. The Labute approximate surface area is 623 Å². The lowest BCUT2D eigenvalue weighted by Crippen LogP contribution is -2.61. The van der Waals surface area contributed by atoms with Crippen molar-refractivity contribution in [2.75, 3.05) is 9.80 Å². The molecule has 13 nitrogen and oxygen atoms in total. The van der Waals surface area contributed by atoms with Crippen LogP contribution in [-0.4, -0.2) is 53.1 Å². The van der Waals surface area contributed by atoms with Gasteiger partial charge in [0.1, 0.15) is 13.2 Å². The number of hydrogen-bond acceptors (Lipinski definition) is 12. The lowest BCUT2D eigenvalue weighted by Gasteiger charge is -2.44. The van der Waals surface area contributed by atoms with Gasteiger partial charge in [0.15, 0.2) is 34.9 Å². The molecule has 0 N–H and O–H groups in total. The Morgan fingerprint density at radius 1 is 0.287 bits per heavy atom. The maximum absolute atomic E-state index is 14.2. The quantitative estimate of drug-likeness (QED) is 0.0671. The molecular weight excluding hydrogens is 1330 g/mol. The predicted molar refractivity (Wildman–Crippen MR) is 431 cm³/mol. The Balaban J connectivity index is 0.780. The van der Waals surface area contributed by atoms with E-state index in [-0.39, 0.29) is 19.9 Å². The molecule has 0 atom stereocenters. The largest absolute Gasteiger partial charge is 0.457 e. The van der Waals surface area contributed by atoms with Crippen molar-refractivity contribution in [3.8, 4) is 85.1 Å². The second kappa shape index (κ2) is 27.6. The molecule has 5 heterocycles. The number of rotatable bonds is 16. The Morgan fingerprint density at radius 2 is 0.657 bits per heavy atom. The van der Waals surface area contributed by atoms with Gasteiger partial charge in [-0.1, -0.05) is 243 Å². The highest BCUT2D eigenvalue weighted by atomic mass is 16.5. The van der Waals surface area contributed by atoms with Crippen LogP contribution in [0.3, 0.4) is 0 Å². The van der Waals surface area contributed by atoms with Gasteiger partial charge in [-0.05, 0) is 148 Å². The van der Waals surface area contributed by atoms with Crippen molar-refractivity contribution in [2.45, 2.75) is 13.2 Å². The molecule has 17 aromatic rings. The molecule has 0 saturated heterocycles. The van der Waals surface area contributed by atoms with Gasteiger partial charge in [0.2, 0.25) is 0 Å². The van der Waals surface area contributed by atoms with Crippen molar-refractivity contribution in [3.05, 3.63) is 374 Å². The first-order chi connectivity index (χ1) is 53.4. The van der Waals surface area contributed by atoms with Crippen LogP contribution in [0.1, 0.15) is 31.8 Å². The van der Waals surface area contributed by atoms with Crippen LogP contribution < -0.4 is 26.2 Å². The van der Waals surface area contributed by atoms with Gasteiger partial charge < -0.3 is 23.8 Å². The second-order valence-corrected chi connectivity index (χ2v) is 26.8. The predicted octanol–water partition coefficient (Wildman–Crippen LogP) is 19.6. The van der Waals surface area contributed by atoms with E-state index in [2.05, 4.69) is 154 Å². The molecule has 14 aromatic carbocycles. The number of anilines is 6. The van der Waals surface area contributed by atoms with E-state index >= 15 is 0 Å². The fourth-order valence-corrected chi connectivity index (χ4v) is 15.1. The van der Waals surface area contributed by atoms with Crippen LogP contribution in [0.2, 0.25) is 0 Å². The SMILES string of the molecule is O=C(OCc1ccccc1)c1ccc2c(c1)c1cc(C(=O)OCc3ccccc3)ccc1n2-c1ccc(-c2nc(-c3ccccc3)nc(-c3ccccc3)n2)cc1-c1nc(-c2ccccc2)nc(-c2cccc(-c3cccc(N4c5ccccc5B5c6ccccc6N(c6ccccc6)c6cccc4c65)c3)c2)n1. The molecule has 0 spiro atoms. The van der Waals surface area contributed by atoms with Gasteiger partial charge >= 0.3 is 11.9 Å². The standard InChI is InChI=1S/C94H62BN9O4/c105-93(107-59-61-26-7-1-8-27-61)70-49-52-79-74(57-70)75-58-71(94(106)108-60-62-28-9-2-10-29-62)50-53-80(75)104(79)81-51-48-69(91-97-87(63-30-11-3-12-31-63)96-88(98-91)64-32-13-4-14-33-64)56-76(81)92-100-89(65-34-15-5-16-35-65)99-90(101-92)68-38-23-36-66(54-68)67-37-24-41-73(55-67)103-83-45-22-20-43-78(83)95-77-42-19-21-44-82(77)102(72-39-17-6-18-40-72)84-46-25-47-85(103)86(84)95/h1-58H,59-60H2. The molecule has 19 rings (SSSR count). The third kappa shape index (κ3) is 11.9. The van der Waals surface area contributed by atoms with Gasteiger partial charge in [-0.15, -0.1) is 0 Å². The summed E-state index contributed by atoms with van der Waals surface area (Å²) < 4.78 is 14.1. The first-order valence-electron chi connectivity index (χ1n) is 35.9. The summed E-state index contributed by atoms with van der Waals surface area (Å²) in [4.78, 5) is 65.3. The highest BCUT2D eigenvalue weighted by molar-refractivity contribution is 7.00. The number of esters is 2. The minimum atomic E-state index is -0.501. The van der Waals surface area contributed by atoms with Gasteiger partial charge in [0, 0.05) is 78.3 Å². The molecule has 0 unspecified atom stereocenters. The lowest BCUT2D eigenvalue weighted by atomic mass is 9.33. The van der Waals surface area contributed by atoms with E-state index in [4.69, 9.17) is 39.4 Å². The number of nitrogens with zero attached hydrogens (tertiary/aromatic N) is 9. The van der Waals surface area contributed by atoms with E-state index in [1.165, 1.54) is 22.1 Å². The smallest absolute Gasteiger partial charge is 0.338 e. The molecule has 0 radical (unpaired) electrons. The van der Waals surface area contributed by atoms with Gasteiger partial charge in [-0.2, -0.15) is 0 Å². The summed E-state index contributed by atoms with van der Waals surface area (Å²) in [6, 6.07) is 118. The fraction of sp³-hybridized carbons (Fsp3) is 0.0213. The first kappa shape index (κ1) is 64.4. The van der Waals surface area contributed by atoms with Gasteiger partial charge in [-0.25, -0.2) is 39.5 Å². The third-order valence-corrected chi connectivity index (χ3v) is 20.1. The van der Waals surface area contributed by atoms with Crippen LogP contribution in [-0.2, 0) is 22.7 Å². The van der Waals surface area contributed by atoms with E-state index in [1.54, 1.807) is 12.1 Å². The molecular formula is C94H62BN9O4. The number of para-hydroxylation sites is 3. The van der Waals surface area contributed by atoms with Crippen molar-refractivity contribution >= 4 is 91.0 Å². The molecule has 510 valence electrons. The zero-order valence-electron chi connectivity index (χ0n) is 58.1. The monoisotopic (exact) mass is 1390 g/mol. The average molecular weight is 1390 g/mol. The molecule has 3 aromatic heterocycles. The number of benzene rings is 14. The van der Waals surface area contributed by atoms with Crippen LogP contribution >= 0.6 is 0 Å². The highest BCUT2D eigenvalue weighted by Crippen LogP contribution is 2.46. The number of carbonyl (C=O) groups is 2. The summed E-state index contributed by atoms with van der Waals surface area (Å²) in [7, 11) is 0. The van der Waals surface area contributed by atoms with Crippen molar-refractivity contribution in [1.82, 2.24) is 34.5 Å². The summed E-state index contributed by atoms with van der Waals surface area (Å²) in [5, 5.41) is 1.37. The molecule has 2 aliphatic heterocycles. The molecule has 2 aliphatic rings. The summed E-state index contributed by atoms with van der Waals surface area (Å²) in [5.41, 5.74) is 21.3. The molecule has 0 bridgehead atoms. The van der Waals surface area contributed by atoms with E-state index in [9.17, 15) is 9.59 Å². The number of fused-ring (bicyclic) bond motifs is 7. The minimum absolute atomic E-state index is 0.00244. The molecule has 108 heavy (non-hydrogen) atoms. The van der Waals surface area contributed by atoms with Crippen LogP contribution in [0.15, 0.2) is 352 Å².